The molecule has 3 aromatic rings. The first-order valence-corrected chi connectivity index (χ1v) is 10.1. The van der Waals surface area contributed by atoms with Crippen LogP contribution in [-0.2, 0) is 4.74 Å². The van der Waals surface area contributed by atoms with Gasteiger partial charge in [-0.05, 0) is 44.9 Å². The van der Waals surface area contributed by atoms with Crippen LogP contribution in [0.1, 0.15) is 32.9 Å². The largest absolute Gasteiger partial charge is 0.481 e. The summed E-state index contributed by atoms with van der Waals surface area (Å²) in [5, 5.41) is 4.16. The number of amides is 1. The third kappa shape index (κ3) is 4.76. The molecule has 4 heterocycles. The summed E-state index contributed by atoms with van der Waals surface area (Å²) >= 11 is 0. The number of anilines is 2. The van der Waals surface area contributed by atoms with E-state index in [1.165, 1.54) is 6.33 Å². The lowest BCUT2D eigenvalue weighted by atomic mass is 10.1. The molecule has 0 spiro atoms. The number of H-pyrrole nitrogens is 1. The Kier molecular flexibility index (Phi) is 5.50. The van der Waals surface area contributed by atoms with Crippen molar-refractivity contribution in [3.8, 4) is 5.88 Å². The molecular weight excluding hydrogens is 396 g/mol. The van der Waals surface area contributed by atoms with E-state index in [0.29, 0.717) is 24.8 Å². The average Bonchev–Trinajstić information content (AvgIpc) is 3.19. The van der Waals surface area contributed by atoms with Crippen LogP contribution in [0.15, 0.2) is 36.8 Å². The molecule has 0 radical (unpaired) electrons. The highest BCUT2D eigenvalue weighted by atomic mass is 16.6. The number of nitrogens with zero attached hydrogens (tertiary/aromatic N) is 4. The molecule has 31 heavy (non-hydrogen) atoms. The zero-order chi connectivity index (χ0) is 22.0. The Hall–Kier alpha value is -3.62. The summed E-state index contributed by atoms with van der Waals surface area (Å²) in [5.74, 6) is 1.23. The van der Waals surface area contributed by atoms with Crippen molar-refractivity contribution < 1.29 is 14.3 Å². The monoisotopic (exact) mass is 422 g/mol. The number of carbonyl (C=O) groups excluding carboxylic acids is 1. The first-order chi connectivity index (χ1) is 14.8. The summed E-state index contributed by atoms with van der Waals surface area (Å²) in [6, 6.07) is 5.69. The fraction of sp³-hybridized carbons (Fsp3) is 0.364. The molecule has 9 nitrogen and oxygen atoms in total. The molecule has 0 unspecified atom stereocenters. The molecule has 0 atom stereocenters. The van der Waals surface area contributed by atoms with Gasteiger partial charge in [0.15, 0.2) is 0 Å². The van der Waals surface area contributed by atoms with E-state index in [4.69, 9.17) is 9.47 Å². The van der Waals surface area contributed by atoms with Crippen molar-refractivity contribution in [1.29, 1.82) is 0 Å². The van der Waals surface area contributed by atoms with Crippen LogP contribution in [0, 0.1) is 0 Å². The zero-order valence-electron chi connectivity index (χ0n) is 18.1. The molecule has 3 aromatic heterocycles. The Bertz CT molecular complexity index is 1110. The number of hydrogen-bond acceptors (Lipinski definition) is 7. The van der Waals surface area contributed by atoms with Crippen molar-refractivity contribution in [3.05, 3.63) is 42.5 Å². The minimum Gasteiger partial charge on any atom is -0.481 e. The second kappa shape index (κ2) is 8.25. The fourth-order valence-electron chi connectivity index (χ4n) is 3.33. The summed E-state index contributed by atoms with van der Waals surface area (Å²) in [7, 11) is 1.58. The van der Waals surface area contributed by atoms with Crippen LogP contribution in [0.3, 0.4) is 0 Å². The van der Waals surface area contributed by atoms with Crippen LogP contribution in [0.4, 0.5) is 16.3 Å². The quantitative estimate of drug-likeness (QED) is 0.651. The van der Waals surface area contributed by atoms with Gasteiger partial charge in [-0.2, -0.15) is 0 Å². The van der Waals surface area contributed by atoms with Crippen LogP contribution >= 0.6 is 0 Å². The van der Waals surface area contributed by atoms with Crippen molar-refractivity contribution in [2.24, 2.45) is 0 Å². The van der Waals surface area contributed by atoms with E-state index >= 15 is 0 Å². The van der Waals surface area contributed by atoms with Crippen molar-refractivity contribution in [1.82, 2.24) is 24.8 Å². The Morgan fingerprint density at radius 1 is 1.23 bits per heavy atom. The smallest absolute Gasteiger partial charge is 0.410 e. The maximum absolute atomic E-state index is 12.3. The number of hydrogen-bond donors (Lipinski definition) is 2. The van der Waals surface area contributed by atoms with Crippen molar-refractivity contribution >= 4 is 34.2 Å². The van der Waals surface area contributed by atoms with E-state index in [9.17, 15) is 4.79 Å². The van der Waals surface area contributed by atoms with Crippen LogP contribution < -0.4 is 10.1 Å². The van der Waals surface area contributed by atoms with Gasteiger partial charge < -0.3 is 24.7 Å². The lowest BCUT2D eigenvalue weighted by Gasteiger charge is -2.29. The van der Waals surface area contributed by atoms with Crippen LogP contribution in [0.2, 0.25) is 0 Å². The van der Waals surface area contributed by atoms with Crippen molar-refractivity contribution in [2.45, 2.75) is 32.8 Å². The number of aromatic nitrogens is 4. The zero-order valence-corrected chi connectivity index (χ0v) is 18.1. The van der Waals surface area contributed by atoms with Crippen LogP contribution in [-0.4, -0.2) is 56.7 Å². The van der Waals surface area contributed by atoms with Crippen molar-refractivity contribution in [2.75, 3.05) is 25.5 Å². The Morgan fingerprint density at radius 2 is 2.06 bits per heavy atom. The minimum absolute atomic E-state index is 0.287. The Balaban J connectivity index is 1.52. The van der Waals surface area contributed by atoms with Gasteiger partial charge in [-0.15, -0.1) is 0 Å². The molecule has 1 amide bonds. The molecule has 0 saturated heterocycles. The molecule has 0 bridgehead atoms. The van der Waals surface area contributed by atoms with E-state index in [2.05, 4.69) is 25.3 Å². The second-order valence-corrected chi connectivity index (χ2v) is 8.29. The van der Waals surface area contributed by atoms with Gasteiger partial charge in [0.25, 0.3) is 0 Å². The molecule has 4 rings (SSSR count). The summed E-state index contributed by atoms with van der Waals surface area (Å²) in [4.78, 5) is 30.3. The summed E-state index contributed by atoms with van der Waals surface area (Å²) < 4.78 is 10.6. The average molecular weight is 422 g/mol. The van der Waals surface area contributed by atoms with E-state index < -0.39 is 5.60 Å². The normalized spacial score (nSPS) is 14.3. The van der Waals surface area contributed by atoms with Gasteiger partial charge in [0, 0.05) is 24.8 Å². The Morgan fingerprint density at radius 3 is 2.71 bits per heavy atom. The van der Waals surface area contributed by atoms with Crippen molar-refractivity contribution in [3.63, 3.8) is 0 Å². The Labute approximate surface area is 180 Å². The lowest BCUT2D eigenvalue weighted by molar-refractivity contribution is 0.0270. The van der Waals surface area contributed by atoms with Crippen LogP contribution in [0.5, 0.6) is 5.88 Å². The molecular formula is C22H26N6O3. The SMILES string of the molecule is COc1ccc(Nc2ncnc3[nH]c(C4=CCN(C(=O)OC(C)(C)C)CC4)cc23)cn1. The number of nitrogens with one attached hydrogen (secondary N) is 2. The molecule has 0 aliphatic carbocycles. The number of ether oxygens (including phenoxy) is 2. The number of fused-ring (bicyclic) bond motifs is 1. The summed E-state index contributed by atoms with van der Waals surface area (Å²) in [6.45, 7) is 6.72. The van der Waals surface area contributed by atoms with Gasteiger partial charge in [-0.1, -0.05) is 6.08 Å². The first-order valence-electron chi connectivity index (χ1n) is 10.1. The van der Waals surface area contributed by atoms with Gasteiger partial charge >= 0.3 is 6.09 Å². The molecule has 1 aliphatic rings. The molecule has 1 aliphatic heterocycles. The number of rotatable bonds is 4. The summed E-state index contributed by atoms with van der Waals surface area (Å²) in [5.41, 5.74) is 3.14. The maximum atomic E-state index is 12.3. The number of aromatic amines is 1. The molecule has 9 heteroatoms. The van der Waals surface area contributed by atoms with E-state index in [0.717, 1.165) is 34.4 Å². The molecule has 0 saturated carbocycles. The molecule has 0 fully saturated rings. The number of carbonyl (C=O) groups is 1. The topological polar surface area (TPSA) is 105 Å². The van der Waals surface area contributed by atoms with Crippen LogP contribution in [0.25, 0.3) is 16.6 Å². The first kappa shape index (κ1) is 20.6. The maximum Gasteiger partial charge on any atom is 0.410 e. The standard InChI is InChI=1S/C22H26N6O3/c1-22(2,3)31-21(29)28-9-7-14(8-10-28)17-11-16-19(24-13-25-20(16)27-17)26-15-5-6-18(30-4)23-12-15/h5-7,11-13H,8-10H2,1-4H3,(H2,24,25,26,27). The number of pyridine rings is 1. The molecule has 162 valence electrons. The van der Waals surface area contributed by atoms with Gasteiger partial charge in [0.1, 0.15) is 23.4 Å². The van der Waals surface area contributed by atoms with E-state index in [-0.39, 0.29) is 6.09 Å². The highest BCUT2D eigenvalue weighted by Gasteiger charge is 2.24. The van der Waals surface area contributed by atoms with Gasteiger partial charge in [0.2, 0.25) is 5.88 Å². The van der Waals surface area contributed by atoms with Gasteiger partial charge in [0.05, 0.1) is 24.4 Å². The lowest BCUT2D eigenvalue weighted by Crippen LogP contribution is -2.39. The highest BCUT2D eigenvalue weighted by molar-refractivity contribution is 5.92. The second-order valence-electron chi connectivity index (χ2n) is 8.29. The highest BCUT2D eigenvalue weighted by Crippen LogP contribution is 2.29. The minimum atomic E-state index is -0.500. The third-order valence-electron chi connectivity index (χ3n) is 4.84. The van der Waals surface area contributed by atoms with Gasteiger partial charge in [-0.3, -0.25) is 0 Å². The van der Waals surface area contributed by atoms with Gasteiger partial charge in [-0.25, -0.2) is 19.7 Å². The molecule has 0 aromatic carbocycles. The van der Waals surface area contributed by atoms with E-state index in [1.54, 1.807) is 24.3 Å². The molecule has 2 N–H and O–H groups in total. The predicted molar refractivity (Wildman–Crippen MR) is 118 cm³/mol. The van der Waals surface area contributed by atoms with E-state index in [1.807, 2.05) is 39.0 Å². The third-order valence-corrected chi connectivity index (χ3v) is 4.84. The fourth-order valence-corrected chi connectivity index (χ4v) is 3.33. The summed E-state index contributed by atoms with van der Waals surface area (Å²) in [6.07, 6.45) is 5.69. The predicted octanol–water partition coefficient (Wildman–Crippen LogP) is 4.13. The number of methoxy groups -OCH3 is 1.